The zero-order chi connectivity index (χ0) is 16.0. The first kappa shape index (κ1) is 16.5. The first-order valence-electron chi connectivity index (χ1n) is 6.61. The molecule has 1 unspecified atom stereocenters. The molecule has 2 aliphatic heterocycles. The van der Waals surface area contributed by atoms with E-state index in [1.165, 1.54) is 0 Å². The number of rotatable bonds is 3. The molecule has 0 spiro atoms. The molecule has 2 fully saturated rings. The second-order valence-electron chi connectivity index (χ2n) is 5.52. The Kier molecular flexibility index (Phi) is 4.24. The summed E-state index contributed by atoms with van der Waals surface area (Å²) in [6.45, 7) is 0.488. The van der Waals surface area contributed by atoms with Crippen molar-refractivity contribution in [3.05, 3.63) is 0 Å². The van der Waals surface area contributed by atoms with E-state index in [2.05, 4.69) is 0 Å². The third kappa shape index (κ3) is 3.02. The minimum atomic E-state index is -4.73. The molecule has 0 aromatic carbocycles. The molecule has 0 aliphatic carbocycles. The van der Waals surface area contributed by atoms with Crippen molar-refractivity contribution in [2.45, 2.75) is 32.0 Å². The molecule has 0 aromatic rings. The van der Waals surface area contributed by atoms with Crippen LogP contribution in [0.2, 0.25) is 0 Å². The molecule has 2 aliphatic rings. The predicted octanol–water partition coefficient (Wildman–Crippen LogP) is 0.910. The van der Waals surface area contributed by atoms with Crippen LogP contribution in [-0.4, -0.2) is 60.0 Å². The summed E-state index contributed by atoms with van der Waals surface area (Å²) in [6.07, 6.45) is -3.43. The summed E-state index contributed by atoms with van der Waals surface area (Å²) in [5.41, 5.74) is 0. The quantitative estimate of drug-likeness (QED) is 0.834. The standard InChI is InChI=1S/C11H17F3N2O4S/c1-7-3-2-4-16(7)21(19,20)15-5-8(10(17)18)9(6-15)11(12,13)14/h7-9H,2-6H2,1H3,(H,17,18)/t7?,8-,9-/m1/s1. The van der Waals surface area contributed by atoms with E-state index < -0.39 is 47.3 Å². The highest BCUT2D eigenvalue weighted by molar-refractivity contribution is 7.86. The first-order chi connectivity index (χ1) is 9.55. The molecule has 0 radical (unpaired) electrons. The number of hydrogen-bond donors (Lipinski definition) is 1. The van der Waals surface area contributed by atoms with Gasteiger partial charge in [0.2, 0.25) is 0 Å². The van der Waals surface area contributed by atoms with Crippen LogP contribution in [0, 0.1) is 11.8 Å². The number of nitrogens with zero attached hydrogens (tertiary/aromatic N) is 2. The Balaban J connectivity index is 2.24. The Labute approximate surface area is 120 Å². The van der Waals surface area contributed by atoms with Crippen LogP contribution in [0.1, 0.15) is 19.8 Å². The van der Waals surface area contributed by atoms with Gasteiger partial charge in [0.1, 0.15) is 0 Å². The molecule has 6 nitrogen and oxygen atoms in total. The van der Waals surface area contributed by atoms with Crippen molar-refractivity contribution in [3.63, 3.8) is 0 Å². The summed E-state index contributed by atoms with van der Waals surface area (Å²) in [7, 11) is -4.04. The van der Waals surface area contributed by atoms with Gasteiger partial charge in [-0.05, 0) is 19.8 Å². The van der Waals surface area contributed by atoms with Gasteiger partial charge in [0.25, 0.3) is 10.2 Å². The lowest BCUT2D eigenvalue weighted by molar-refractivity contribution is -0.187. The maximum Gasteiger partial charge on any atom is 0.393 e. The fraction of sp³-hybridized carbons (Fsp3) is 0.909. The molecule has 3 atom stereocenters. The van der Waals surface area contributed by atoms with Gasteiger partial charge >= 0.3 is 12.1 Å². The first-order valence-corrected chi connectivity index (χ1v) is 8.01. The molecule has 0 bridgehead atoms. The number of alkyl halides is 3. The highest BCUT2D eigenvalue weighted by Gasteiger charge is 2.55. The van der Waals surface area contributed by atoms with Gasteiger partial charge in [-0.25, -0.2) is 0 Å². The molecule has 10 heteroatoms. The van der Waals surface area contributed by atoms with Crippen molar-refractivity contribution in [2.24, 2.45) is 11.8 Å². The lowest BCUT2D eigenvalue weighted by Gasteiger charge is -2.27. The lowest BCUT2D eigenvalue weighted by Crippen LogP contribution is -2.44. The van der Waals surface area contributed by atoms with E-state index in [0.717, 1.165) is 4.31 Å². The van der Waals surface area contributed by atoms with Crippen LogP contribution in [0.5, 0.6) is 0 Å². The van der Waals surface area contributed by atoms with Crippen LogP contribution >= 0.6 is 0 Å². The van der Waals surface area contributed by atoms with Gasteiger partial charge in [-0.2, -0.15) is 30.2 Å². The Bertz CT molecular complexity index is 522. The Morgan fingerprint density at radius 3 is 2.29 bits per heavy atom. The van der Waals surface area contributed by atoms with Gasteiger partial charge < -0.3 is 5.11 Å². The van der Waals surface area contributed by atoms with E-state index in [1.807, 2.05) is 0 Å². The number of hydrogen-bond acceptors (Lipinski definition) is 3. The van der Waals surface area contributed by atoms with Crippen LogP contribution in [0.25, 0.3) is 0 Å². The summed E-state index contributed by atoms with van der Waals surface area (Å²) in [5.74, 6) is -5.54. The van der Waals surface area contributed by atoms with E-state index in [4.69, 9.17) is 5.11 Å². The molecule has 2 rings (SSSR count). The highest BCUT2D eigenvalue weighted by atomic mass is 32.2. The Hall–Kier alpha value is -0.870. The van der Waals surface area contributed by atoms with Gasteiger partial charge in [-0.15, -0.1) is 0 Å². The largest absolute Gasteiger partial charge is 0.481 e. The van der Waals surface area contributed by atoms with Gasteiger partial charge in [0.05, 0.1) is 11.8 Å². The van der Waals surface area contributed by atoms with Gasteiger partial charge in [0.15, 0.2) is 0 Å². The zero-order valence-corrected chi connectivity index (χ0v) is 12.2. The third-order valence-electron chi connectivity index (χ3n) is 4.14. The molecule has 0 saturated carbocycles. The zero-order valence-electron chi connectivity index (χ0n) is 11.4. The van der Waals surface area contributed by atoms with Crippen LogP contribution < -0.4 is 0 Å². The van der Waals surface area contributed by atoms with Crippen LogP contribution in [-0.2, 0) is 15.0 Å². The summed E-state index contributed by atoms with van der Waals surface area (Å²) >= 11 is 0. The maximum absolute atomic E-state index is 12.9. The number of aliphatic carboxylic acids is 1. The maximum atomic E-state index is 12.9. The molecule has 21 heavy (non-hydrogen) atoms. The fourth-order valence-corrected chi connectivity index (χ4v) is 4.85. The average Bonchev–Trinajstić information content (AvgIpc) is 2.93. The molecule has 0 amide bonds. The number of carboxylic acid groups (broad SMARTS) is 1. The van der Waals surface area contributed by atoms with E-state index in [9.17, 15) is 26.4 Å². The van der Waals surface area contributed by atoms with Crippen molar-refractivity contribution in [3.8, 4) is 0 Å². The second-order valence-corrected chi connectivity index (χ2v) is 7.40. The molecular formula is C11H17F3N2O4S. The molecule has 0 aromatic heterocycles. The summed E-state index contributed by atoms with van der Waals surface area (Å²) in [4.78, 5) is 11.0. The van der Waals surface area contributed by atoms with Gasteiger partial charge in [-0.3, -0.25) is 4.79 Å². The Morgan fingerprint density at radius 1 is 1.29 bits per heavy atom. The Morgan fingerprint density at radius 2 is 1.90 bits per heavy atom. The minimum absolute atomic E-state index is 0.258. The van der Waals surface area contributed by atoms with Crippen LogP contribution in [0.3, 0.4) is 0 Å². The van der Waals surface area contributed by atoms with E-state index in [1.54, 1.807) is 6.92 Å². The minimum Gasteiger partial charge on any atom is -0.481 e. The number of carbonyl (C=O) groups is 1. The second kappa shape index (κ2) is 5.40. The molecule has 1 N–H and O–H groups in total. The van der Waals surface area contributed by atoms with Gasteiger partial charge in [-0.1, -0.05) is 0 Å². The summed E-state index contributed by atoms with van der Waals surface area (Å²) < 4.78 is 65.2. The number of carboxylic acids is 1. The van der Waals surface area contributed by atoms with Crippen molar-refractivity contribution in [2.75, 3.05) is 19.6 Å². The van der Waals surface area contributed by atoms with Crippen molar-refractivity contribution in [1.29, 1.82) is 0 Å². The lowest BCUT2D eigenvalue weighted by atomic mass is 9.96. The predicted molar refractivity (Wildman–Crippen MR) is 66.6 cm³/mol. The summed E-state index contributed by atoms with van der Waals surface area (Å²) in [6, 6.07) is -0.275. The number of halogens is 3. The van der Waals surface area contributed by atoms with E-state index in [-0.39, 0.29) is 12.6 Å². The van der Waals surface area contributed by atoms with Crippen molar-refractivity contribution in [1.82, 2.24) is 8.61 Å². The van der Waals surface area contributed by atoms with E-state index >= 15 is 0 Å². The topological polar surface area (TPSA) is 77.9 Å². The van der Waals surface area contributed by atoms with E-state index in [0.29, 0.717) is 17.1 Å². The van der Waals surface area contributed by atoms with Crippen molar-refractivity contribution < 1.29 is 31.5 Å². The molecular weight excluding hydrogens is 313 g/mol. The molecule has 122 valence electrons. The smallest absolute Gasteiger partial charge is 0.393 e. The van der Waals surface area contributed by atoms with Crippen LogP contribution in [0.15, 0.2) is 0 Å². The normalized spacial score (nSPS) is 32.7. The fourth-order valence-electron chi connectivity index (χ4n) is 2.94. The summed E-state index contributed by atoms with van der Waals surface area (Å²) in [5, 5.41) is 8.91. The van der Waals surface area contributed by atoms with Gasteiger partial charge in [0, 0.05) is 25.7 Å². The SMILES string of the molecule is CC1CCCN1S(=O)(=O)N1C[C@@H](C(F)(F)F)[C@H](C(=O)O)C1. The highest BCUT2D eigenvalue weighted by Crippen LogP contribution is 2.39. The third-order valence-corrected chi connectivity index (χ3v) is 6.22. The van der Waals surface area contributed by atoms with Crippen LogP contribution in [0.4, 0.5) is 13.2 Å². The van der Waals surface area contributed by atoms with Crippen molar-refractivity contribution >= 4 is 16.2 Å². The molecule has 2 heterocycles. The molecule has 2 saturated heterocycles. The average molecular weight is 330 g/mol. The monoisotopic (exact) mass is 330 g/mol.